The number of hydrogen-bond acceptors (Lipinski definition) is 5. The molecule has 0 bridgehead atoms. The number of nitrogen functional groups attached to an aromatic ring is 1. The minimum atomic E-state index is -0.00116. The first-order chi connectivity index (χ1) is 13.0. The molecule has 0 radical (unpaired) electrons. The van der Waals surface area contributed by atoms with Gasteiger partial charge in [0.25, 0.3) is 0 Å². The van der Waals surface area contributed by atoms with Crippen LogP contribution in [0.3, 0.4) is 0 Å². The number of nitrogens with two attached hydrogens (primary N) is 1. The molecule has 27 heavy (non-hydrogen) atoms. The van der Waals surface area contributed by atoms with Gasteiger partial charge in [0, 0.05) is 35.7 Å². The van der Waals surface area contributed by atoms with Crippen molar-refractivity contribution in [1.82, 2.24) is 0 Å². The molecule has 2 aromatic carbocycles. The topological polar surface area (TPSA) is 67.5 Å². The van der Waals surface area contributed by atoms with E-state index in [2.05, 4.69) is 49.5 Å². The van der Waals surface area contributed by atoms with Crippen molar-refractivity contribution in [2.24, 2.45) is 5.92 Å². The first kappa shape index (κ1) is 23.3. The second-order valence-corrected chi connectivity index (χ2v) is 7.84. The van der Waals surface area contributed by atoms with Crippen LogP contribution in [0.15, 0.2) is 53.4 Å². The van der Waals surface area contributed by atoms with Crippen LogP contribution in [0.4, 0.5) is 11.4 Å². The smallest absolute Gasteiger partial charge is 0.0777 e. The van der Waals surface area contributed by atoms with Gasteiger partial charge >= 0.3 is 0 Å². The van der Waals surface area contributed by atoms with Gasteiger partial charge in [0.1, 0.15) is 0 Å². The van der Waals surface area contributed by atoms with Crippen molar-refractivity contribution >= 4 is 23.1 Å². The molecule has 0 aliphatic rings. The molecule has 4 nitrogen and oxygen atoms in total. The highest BCUT2D eigenvalue weighted by Crippen LogP contribution is 2.27. The Morgan fingerprint density at radius 3 is 2.30 bits per heavy atom. The quantitative estimate of drug-likeness (QED) is 0.414. The lowest BCUT2D eigenvalue weighted by atomic mass is 10.1. The van der Waals surface area contributed by atoms with Gasteiger partial charge in [-0.3, -0.25) is 0 Å². The second-order valence-electron chi connectivity index (χ2n) is 6.82. The zero-order valence-electron chi connectivity index (χ0n) is 16.9. The Balaban J connectivity index is 0.000000314. The lowest BCUT2D eigenvalue weighted by molar-refractivity contribution is 0.0201. The van der Waals surface area contributed by atoms with E-state index in [0.29, 0.717) is 5.92 Å². The van der Waals surface area contributed by atoms with Gasteiger partial charge in [0.2, 0.25) is 0 Å². The van der Waals surface area contributed by atoms with Crippen molar-refractivity contribution in [3.63, 3.8) is 0 Å². The van der Waals surface area contributed by atoms with E-state index in [1.165, 1.54) is 5.56 Å². The molecule has 1 unspecified atom stereocenters. The van der Waals surface area contributed by atoms with Crippen molar-refractivity contribution in [3.8, 4) is 0 Å². The van der Waals surface area contributed by atoms with Gasteiger partial charge in [0.15, 0.2) is 0 Å². The fraction of sp³-hybridized carbons (Fsp3) is 0.455. The zero-order chi connectivity index (χ0) is 20.1. The Bertz CT molecular complexity index is 632. The van der Waals surface area contributed by atoms with Gasteiger partial charge in [-0.05, 0) is 49.1 Å². The van der Waals surface area contributed by atoms with Crippen LogP contribution in [0.1, 0.15) is 32.8 Å². The average Bonchev–Trinajstić information content (AvgIpc) is 2.68. The molecule has 4 N–H and O–H groups in total. The van der Waals surface area contributed by atoms with E-state index in [1.54, 1.807) is 11.8 Å². The molecule has 0 saturated heterocycles. The highest BCUT2D eigenvalue weighted by molar-refractivity contribution is 7.98. The maximum atomic E-state index is 8.58. The summed E-state index contributed by atoms with van der Waals surface area (Å²) in [7, 11) is 1.93. The first-order valence-electron chi connectivity index (χ1n) is 9.42. The van der Waals surface area contributed by atoms with E-state index < -0.39 is 0 Å². The summed E-state index contributed by atoms with van der Waals surface area (Å²) in [5.41, 5.74) is 9.19. The summed E-state index contributed by atoms with van der Waals surface area (Å²) in [5, 5.41) is 11.7. The monoisotopic (exact) mass is 390 g/mol. The van der Waals surface area contributed by atoms with Crippen LogP contribution in [0, 0.1) is 5.92 Å². The molecule has 0 saturated carbocycles. The molecule has 0 spiro atoms. The largest absolute Gasteiger partial charge is 0.398 e. The van der Waals surface area contributed by atoms with Gasteiger partial charge in [-0.15, -0.1) is 11.8 Å². The Morgan fingerprint density at radius 2 is 1.74 bits per heavy atom. The van der Waals surface area contributed by atoms with Crippen LogP contribution in [0.2, 0.25) is 0 Å². The van der Waals surface area contributed by atoms with Crippen LogP contribution >= 0.6 is 11.8 Å². The van der Waals surface area contributed by atoms with Crippen LogP contribution in [0.5, 0.6) is 0 Å². The predicted octanol–water partition coefficient (Wildman–Crippen LogP) is 5.03. The standard InChI is InChI=1S/C14H16N2S.C8H18O2/c1-16-12-8-6-11(7-9-12)10-17-14-5-3-2-4-13(14)15;1-7(2)4-5-10-8(3)6-9/h2-9,16H,10,15H2,1H3;7-9H,4-6H2,1-3H3. The molecule has 0 aliphatic heterocycles. The van der Waals surface area contributed by atoms with E-state index >= 15 is 0 Å². The number of para-hydroxylation sites is 1. The minimum absolute atomic E-state index is 0.00116. The molecule has 0 aliphatic carbocycles. The van der Waals surface area contributed by atoms with Gasteiger partial charge in [0.05, 0.1) is 12.7 Å². The summed E-state index contributed by atoms with van der Waals surface area (Å²) < 4.78 is 5.25. The third kappa shape index (κ3) is 10.3. The molecule has 2 rings (SSSR count). The number of aliphatic hydroxyl groups excluding tert-OH is 1. The van der Waals surface area contributed by atoms with E-state index in [-0.39, 0.29) is 12.7 Å². The van der Waals surface area contributed by atoms with E-state index in [0.717, 1.165) is 35.1 Å². The molecule has 0 amide bonds. The fourth-order valence-electron chi connectivity index (χ4n) is 2.10. The number of benzene rings is 2. The molecule has 0 fully saturated rings. The van der Waals surface area contributed by atoms with Crippen LogP contribution in [0.25, 0.3) is 0 Å². The van der Waals surface area contributed by atoms with Gasteiger partial charge in [-0.25, -0.2) is 0 Å². The summed E-state index contributed by atoms with van der Waals surface area (Å²) >= 11 is 1.77. The number of anilines is 2. The highest BCUT2D eigenvalue weighted by Gasteiger charge is 2.00. The second kappa shape index (κ2) is 13.5. The molecule has 0 aromatic heterocycles. The van der Waals surface area contributed by atoms with Crippen LogP contribution < -0.4 is 11.1 Å². The zero-order valence-corrected chi connectivity index (χ0v) is 17.8. The molecule has 5 heteroatoms. The van der Waals surface area contributed by atoms with Crippen molar-refractivity contribution in [2.75, 3.05) is 31.3 Å². The molecular formula is C22H34N2O2S. The summed E-state index contributed by atoms with van der Waals surface area (Å²) in [5.74, 6) is 1.63. The van der Waals surface area contributed by atoms with E-state index in [9.17, 15) is 0 Å². The molecule has 150 valence electrons. The number of ether oxygens (including phenoxy) is 1. The lowest BCUT2D eigenvalue weighted by Crippen LogP contribution is -2.14. The maximum absolute atomic E-state index is 8.58. The molecule has 1 atom stereocenters. The van der Waals surface area contributed by atoms with Crippen molar-refractivity contribution in [2.45, 2.75) is 43.9 Å². The van der Waals surface area contributed by atoms with Crippen molar-refractivity contribution in [1.29, 1.82) is 0 Å². The van der Waals surface area contributed by atoms with Gasteiger partial charge in [-0.1, -0.05) is 38.1 Å². The van der Waals surface area contributed by atoms with E-state index in [4.69, 9.17) is 15.6 Å². The summed E-state index contributed by atoms with van der Waals surface area (Å²) in [4.78, 5) is 1.14. The van der Waals surface area contributed by atoms with Crippen LogP contribution in [-0.4, -0.2) is 31.5 Å². The highest BCUT2D eigenvalue weighted by atomic mass is 32.2. The predicted molar refractivity (Wildman–Crippen MR) is 118 cm³/mol. The molecule has 0 heterocycles. The van der Waals surface area contributed by atoms with Crippen molar-refractivity contribution < 1.29 is 9.84 Å². The number of rotatable bonds is 9. The maximum Gasteiger partial charge on any atom is 0.0777 e. The first-order valence-corrected chi connectivity index (χ1v) is 10.4. The van der Waals surface area contributed by atoms with Crippen molar-refractivity contribution in [3.05, 3.63) is 54.1 Å². The number of thioether (sulfide) groups is 1. The molecule has 2 aromatic rings. The normalized spacial score (nSPS) is 11.6. The number of hydrogen-bond donors (Lipinski definition) is 3. The van der Waals surface area contributed by atoms with Gasteiger partial charge < -0.3 is 20.9 Å². The fourth-order valence-corrected chi connectivity index (χ4v) is 3.02. The Morgan fingerprint density at radius 1 is 1.07 bits per heavy atom. The third-order valence-corrected chi connectivity index (χ3v) is 5.07. The average molecular weight is 391 g/mol. The van der Waals surface area contributed by atoms with Gasteiger partial charge in [-0.2, -0.15) is 0 Å². The molecular weight excluding hydrogens is 356 g/mol. The van der Waals surface area contributed by atoms with Crippen LogP contribution in [-0.2, 0) is 10.5 Å². The van der Waals surface area contributed by atoms with E-state index in [1.807, 2.05) is 32.2 Å². The Hall–Kier alpha value is -1.69. The third-order valence-electron chi connectivity index (χ3n) is 3.91. The number of nitrogens with one attached hydrogen (secondary N) is 1. The Kier molecular flexibility index (Phi) is 11.7. The number of aliphatic hydroxyl groups is 1. The summed E-state index contributed by atoms with van der Waals surface area (Å²) in [6.45, 7) is 7.08. The lowest BCUT2D eigenvalue weighted by Gasteiger charge is -2.10. The SMILES string of the molecule is CC(C)CCOC(C)CO.CNc1ccc(CSc2ccccc2N)cc1. The minimum Gasteiger partial charge on any atom is -0.398 e. The summed E-state index contributed by atoms with van der Waals surface area (Å²) in [6.07, 6.45) is 1.07. The Labute approximate surface area is 168 Å². The summed E-state index contributed by atoms with van der Waals surface area (Å²) in [6, 6.07) is 16.4.